The number of rotatable bonds is 6. The predicted octanol–water partition coefficient (Wildman–Crippen LogP) is 4.85. The van der Waals surface area contributed by atoms with Crippen LogP contribution in [0.1, 0.15) is 60.0 Å². The average Bonchev–Trinajstić information content (AvgIpc) is 3.53. The molecule has 1 saturated heterocycles. The number of nitrogens with one attached hydrogen (secondary N) is 1. The molecule has 0 saturated carbocycles. The summed E-state index contributed by atoms with van der Waals surface area (Å²) in [7, 11) is 0. The van der Waals surface area contributed by atoms with E-state index in [2.05, 4.69) is 41.4 Å². The van der Waals surface area contributed by atoms with Crippen LogP contribution in [-0.4, -0.2) is 24.4 Å². The van der Waals surface area contributed by atoms with E-state index in [1.54, 1.807) is 6.26 Å². The van der Waals surface area contributed by atoms with E-state index in [0.29, 0.717) is 24.8 Å². The molecule has 1 N–H and O–H groups in total. The topological polar surface area (TPSA) is 65.8 Å². The third-order valence-corrected chi connectivity index (χ3v) is 6.75. The number of anilines is 2. The number of furan rings is 1. The number of nitrogens with zero attached hydrogens (tertiary/aromatic N) is 2. The fraction of sp³-hybridized carbons (Fsp3) is 0.333. The monoisotopic (exact) mass is 443 g/mol. The number of carbonyl (C=O) groups excluding carboxylic acids is 2. The van der Waals surface area contributed by atoms with Gasteiger partial charge in [-0.15, -0.1) is 0 Å². The molecule has 170 valence electrons. The number of para-hydroxylation sites is 1. The Morgan fingerprint density at radius 2 is 2.03 bits per heavy atom. The molecule has 2 aliphatic rings. The Bertz CT molecular complexity index is 1180. The highest BCUT2D eigenvalue weighted by molar-refractivity contribution is 5.95. The smallest absolute Gasteiger partial charge is 0.287 e. The van der Waals surface area contributed by atoms with E-state index >= 15 is 0 Å². The van der Waals surface area contributed by atoms with Crippen LogP contribution in [0.25, 0.3) is 0 Å². The molecule has 0 bridgehead atoms. The Balaban J connectivity index is 1.30. The summed E-state index contributed by atoms with van der Waals surface area (Å²) in [5.41, 5.74) is 5.27. The first-order chi connectivity index (χ1) is 16.0. The Morgan fingerprint density at radius 1 is 1.18 bits per heavy atom. The van der Waals surface area contributed by atoms with Crippen LogP contribution in [0.15, 0.2) is 65.3 Å². The maximum absolute atomic E-state index is 13.1. The molecule has 2 aromatic carbocycles. The van der Waals surface area contributed by atoms with Crippen LogP contribution in [-0.2, 0) is 17.8 Å². The highest BCUT2D eigenvalue weighted by Crippen LogP contribution is 2.34. The van der Waals surface area contributed by atoms with Gasteiger partial charge < -0.3 is 19.5 Å². The van der Waals surface area contributed by atoms with Gasteiger partial charge in [0, 0.05) is 42.5 Å². The SMILES string of the molecule is CC(NC(=O)c1occc1CN1c2ccccc2CC1C)c1cccc(N2CCCC2=O)c1. The molecule has 5 rings (SSSR count). The molecular formula is C27H29N3O3. The summed E-state index contributed by atoms with van der Waals surface area (Å²) >= 11 is 0. The number of hydrogen-bond acceptors (Lipinski definition) is 4. The zero-order valence-corrected chi connectivity index (χ0v) is 19.1. The number of benzene rings is 2. The number of amides is 2. The summed E-state index contributed by atoms with van der Waals surface area (Å²) < 4.78 is 5.62. The van der Waals surface area contributed by atoms with Crippen molar-refractivity contribution in [3.8, 4) is 0 Å². The van der Waals surface area contributed by atoms with Crippen LogP contribution in [0, 0.1) is 0 Å². The van der Waals surface area contributed by atoms with Gasteiger partial charge >= 0.3 is 0 Å². The molecule has 6 nitrogen and oxygen atoms in total. The van der Waals surface area contributed by atoms with Gasteiger partial charge in [-0.2, -0.15) is 0 Å². The molecule has 1 fully saturated rings. The van der Waals surface area contributed by atoms with Gasteiger partial charge in [0.15, 0.2) is 5.76 Å². The van der Waals surface area contributed by atoms with Gasteiger partial charge in [0.05, 0.1) is 12.3 Å². The minimum Gasteiger partial charge on any atom is -0.459 e. The summed E-state index contributed by atoms with van der Waals surface area (Å²) in [6.45, 7) is 5.53. The van der Waals surface area contributed by atoms with Crippen molar-refractivity contribution >= 4 is 23.2 Å². The first-order valence-corrected chi connectivity index (χ1v) is 11.6. The van der Waals surface area contributed by atoms with Crippen molar-refractivity contribution in [2.75, 3.05) is 16.3 Å². The molecule has 3 heterocycles. The van der Waals surface area contributed by atoms with Crippen LogP contribution in [0.4, 0.5) is 11.4 Å². The third kappa shape index (κ3) is 4.13. The maximum atomic E-state index is 13.1. The third-order valence-electron chi connectivity index (χ3n) is 6.75. The highest BCUT2D eigenvalue weighted by Gasteiger charge is 2.28. The van der Waals surface area contributed by atoms with Gasteiger partial charge in [-0.3, -0.25) is 9.59 Å². The summed E-state index contributed by atoms with van der Waals surface area (Å²) in [6, 6.07) is 18.3. The zero-order chi connectivity index (χ0) is 22.9. The zero-order valence-electron chi connectivity index (χ0n) is 19.1. The number of carbonyl (C=O) groups is 2. The van der Waals surface area contributed by atoms with Crippen LogP contribution in [0.3, 0.4) is 0 Å². The molecule has 33 heavy (non-hydrogen) atoms. The van der Waals surface area contributed by atoms with Gasteiger partial charge in [0.1, 0.15) is 0 Å². The Hall–Kier alpha value is -3.54. The molecule has 0 radical (unpaired) electrons. The molecule has 6 heteroatoms. The minimum atomic E-state index is -0.231. The molecule has 2 atom stereocenters. The van der Waals surface area contributed by atoms with Crippen molar-refractivity contribution in [3.05, 3.63) is 83.3 Å². The standard InChI is InChI=1S/C27H29N3O3/c1-18-15-21-7-3-4-10-24(21)30(18)17-22-12-14-33-26(22)27(32)28-19(2)20-8-5-9-23(16-20)29-13-6-11-25(29)31/h3-5,7-10,12,14,16,18-19H,6,11,13,15,17H2,1-2H3,(H,28,32). The lowest BCUT2D eigenvalue weighted by molar-refractivity contribution is -0.117. The summed E-state index contributed by atoms with van der Waals surface area (Å²) in [4.78, 5) is 29.4. The molecule has 2 amide bonds. The lowest BCUT2D eigenvalue weighted by atomic mass is 10.1. The lowest BCUT2D eigenvalue weighted by Gasteiger charge is -2.25. The quantitative estimate of drug-likeness (QED) is 0.592. The fourth-order valence-corrected chi connectivity index (χ4v) is 4.94. The molecular weight excluding hydrogens is 414 g/mol. The van der Waals surface area contributed by atoms with Crippen LogP contribution in [0.2, 0.25) is 0 Å². The van der Waals surface area contributed by atoms with Crippen LogP contribution < -0.4 is 15.1 Å². The van der Waals surface area contributed by atoms with Crippen molar-refractivity contribution in [2.24, 2.45) is 0 Å². The van der Waals surface area contributed by atoms with Crippen molar-refractivity contribution < 1.29 is 14.0 Å². The van der Waals surface area contributed by atoms with Crippen LogP contribution >= 0.6 is 0 Å². The molecule has 1 aromatic heterocycles. The molecule has 2 aliphatic heterocycles. The van der Waals surface area contributed by atoms with Gasteiger partial charge in [0.2, 0.25) is 5.91 Å². The number of hydrogen-bond donors (Lipinski definition) is 1. The maximum Gasteiger partial charge on any atom is 0.287 e. The van der Waals surface area contributed by atoms with E-state index in [1.165, 1.54) is 11.3 Å². The second-order valence-electron chi connectivity index (χ2n) is 9.02. The molecule has 0 spiro atoms. The molecule has 2 unspecified atom stereocenters. The van der Waals surface area contributed by atoms with Crippen molar-refractivity contribution in [3.63, 3.8) is 0 Å². The van der Waals surface area contributed by atoms with Crippen molar-refractivity contribution in [1.82, 2.24) is 5.32 Å². The van der Waals surface area contributed by atoms with E-state index in [1.807, 2.05) is 42.2 Å². The van der Waals surface area contributed by atoms with E-state index in [4.69, 9.17) is 4.42 Å². The van der Waals surface area contributed by atoms with Gasteiger partial charge in [0.25, 0.3) is 5.91 Å². The average molecular weight is 444 g/mol. The van der Waals surface area contributed by atoms with E-state index in [9.17, 15) is 9.59 Å². The Morgan fingerprint density at radius 3 is 2.85 bits per heavy atom. The number of fused-ring (bicyclic) bond motifs is 1. The van der Waals surface area contributed by atoms with Crippen LogP contribution in [0.5, 0.6) is 0 Å². The molecule has 3 aromatic rings. The summed E-state index contributed by atoms with van der Waals surface area (Å²) in [6.07, 6.45) is 4.07. The minimum absolute atomic E-state index is 0.154. The second kappa shape index (κ2) is 8.77. The van der Waals surface area contributed by atoms with Crippen molar-refractivity contribution in [1.29, 1.82) is 0 Å². The lowest BCUT2D eigenvalue weighted by Crippen LogP contribution is -2.31. The largest absolute Gasteiger partial charge is 0.459 e. The predicted molar refractivity (Wildman–Crippen MR) is 128 cm³/mol. The Kier molecular flexibility index (Phi) is 5.67. The highest BCUT2D eigenvalue weighted by atomic mass is 16.3. The fourth-order valence-electron chi connectivity index (χ4n) is 4.94. The Labute approximate surface area is 194 Å². The van der Waals surface area contributed by atoms with E-state index in [0.717, 1.165) is 36.2 Å². The van der Waals surface area contributed by atoms with E-state index < -0.39 is 0 Å². The van der Waals surface area contributed by atoms with E-state index in [-0.39, 0.29) is 17.9 Å². The van der Waals surface area contributed by atoms with Gasteiger partial charge in [-0.25, -0.2) is 0 Å². The second-order valence-corrected chi connectivity index (χ2v) is 9.02. The van der Waals surface area contributed by atoms with Gasteiger partial charge in [-0.05, 0) is 62.1 Å². The first kappa shape index (κ1) is 21.3. The van der Waals surface area contributed by atoms with Crippen molar-refractivity contribution in [2.45, 2.75) is 51.7 Å². The summed E-state index contributed by atoms with van der Waals surface area (Å²) in [5, 5.41) is 3.07. The van der Waals surface area contributed by atoms with Gasteiger partial charge in [-0.1, -0.05) is 30.3 Å². The normalized spacial score (nSPS) is 18.5. The molecule has 0 aliphatic carbocycles. The summed E-state index contributed by atoms with van der Waals surface area (Å²) in [5.74, 6) is 0.274. The first-order valence-electron chi connectivity index (χ1n) is 11.6.